The second-order valence-corrected chi connectivity index (χ2v) is 5.94. The van der Waals surface area contributed by atoms with Crippen LogP contribution in [-0.2, 0) is 4.79 Å². The molecule has 0 saturated heterocycles. The molecule has 23 heavy (non-hydrogen) atoms. The van der Waals surface area contributed by atoms with Gasteiger partial charge in [0.15, 0.2) is 10.8 Å². The summed E-state index contributed by atoms with van der Waals surface area (Å²) in [5.74, 6) is -0.195. The largest absolute Gasteiger partial charge is 0.292 e. The number of nitro groups is 1. The van der Waals surface area contributed by atoms with Crippen LogP contribution in [0.3, 0.4) is 0 Å². The molecule has 0 bridgehead atoms. The van der Waals surface area contributed by atoms with Crippen LogP contribution in [0.25, 0.3) is 0 Å². The quantitative estimate of drug-likeness (QED) is 0.285. The van der Waals surface area contributed by atoms with Crippen molar-refractivity contribution < 1.29 is 9.72 Å². The summed E-state index contributed by atoms with van der Waals surface area (Å²) in [5, 5.41) is 15.5. The van der Waals surface area contributed by atoms with E-state index in [1.54, 1.807) is 24.3 Å². The summed E-state index contributed by atoms with van der Waals surface area (Å²) in [6.07, 6.45) is 0. The maximum Gasteiger partial charge on any atom is 0.269 e. The van der Waals surface area contributed by atoms with E-state index in [9.17, 15) is 14.9 Å². The molecule has 6 nitrogen and oxygen atoms in total. The summed E-state index contributed by atoms with van der Waals surface area (Å²) in [7, 11) is 0. The average molecular weight is 350 g/mol. The lowest BCUT2D eigenvalue weighted by Crippen LogP contribution is -2.08. The van der Waals surface area contributed by atoms with E-state index in [-0.39, 0.29) is 16.5 Å². The predicted molar refractivity (Wildman–Crippen MR) is 92.1 cm³/mol. The number of nitrogens with one attached hydrogen (secondary N) is 1. The highest BCUT2D eigenvalue weighted by atomic mass is 35.5. The molecule has 0 spiro atoms. The number of benzene rings is 2. The Balaban J connectivity index is 2.10. The second kappa shape index (κ2) is 7.75. The molecule has 118 valence electrons. The van der Waals surface area contributed by atoms with Gasteiger partial charge in [0, 0.05) is 29.0 Å². The monoisotopic (exact) mass is 349 g/mol. The van der Waals surface area contributed by atoms with Gasteiger partial charge >= 0.3 is 0 Å². The number of nitro benzene ring substituents is 1. The summed E-state index contributed by atoms with van der Waals surface area (Å²) in [6.45, 7) is 1.42. The maximum atomic E-state index is 11.7. The van der Waals surface area contributed by atoms with Crippen molar-refractivity contribution in [2.45, 2.75) is 11.8 Å². The molecule has 0 aliphatic carbocycles. The van der Waals surface area contributed by atoms with Gasteiger partial charge in [0.05, 0.1) is 10.6 Å². The van der Waals surface area contributed by atoms with Crippen LogP contribution in [0.1, 0.15) is 6.92 Å². The first-order chi connectivity index (χ1) is 11.0. The first-order valence-corrected chi connectivity index (χ1v) is 7.67. The van der Waals surface area contributed by atoms with Crippen molar-refractivity contribution in [1.82, 2.24) is 0 Å². The minimum Gasteiger partial charge on any atom is -0.292 e. The van der Waals surface area contributed by atoms with Crippen molar-refractivity contribution in [2.75, 3.05) is 5.43 Å². The number of hydrogen-bond donors (Lipinski definition) is 1. The minimum atomic E-state index is -0.482. The standard InChI is InChI=1S/C15H12ClN3O3S/c1-10(20)15(23-14-8-2-11(16)3-9-14)18-17-12-4-6-13(7-5-12)19(21)22/h2-9,17H,1H3. The summed E-state index contributed by atoms with van der Waals surface area (Å²) >= 11 is 7.02. The van der Waals surface area contributed by atoms with Crippen molar-refractivity contribution >= 4 is 45.6 Å². The Morgan fingerprint density at radius 2 is 1.78 bits per heavy atom. The van der Waals surface area contributed by atoms with E-state index in [0.29, 0.717) is 10.7 Å². The van der Waals surface area contributed by atoms with Gasteiger partial charge in [-0.1, -0.05) is 23.4 Å². The smallest absolute Gasteiger partial charge is 0.269 e. The third-order valence-corrected chi connectivity index (χ3v) is 4.03. The lowest BCUT2D eigenvalue weighted by molar-refractivity contribution is -0.384. The molecule has 0 amide bonds. The van der Waals surface area contributed by atoms with Gasteiger partial charge in [-0.3, -0.25) is 20.3 Å². The van der Waals surface area contributed by atoms with E-state index in [0.717, 1.165) is 4.90 Å². The van der Waals surface area contributed by atoms with Gasteiger partial charge in [-0.2, -0.15) is 5.10 Å². The van der Waals surface area contributed by atoms with E-state index in [1.807, 2.05) is 0 Å². The molecule has 1 N–H and O–H groups in total. The number of carbonyl (C=O) groups is 1. The number of hydrazone groups is 1. The van der Waals surface area contributed by atoms with Gasteiger partial charge in [-0.25, -0.2) is 0 Å². The maximum absolute atomic E-state index is 11.7. The van der Waals surface area contributed by atoms with Crippen LogP contribution in [0, 0.1) is 10.1 Å². The highest BCUT2D eigenvalue weighted by Gasteiger charge is 2.09. The molecule has 8 heteroatoms. The van der Waals surface area contributed by atoms with Gasteiger partial charge in [-0.15, -0.1) is 0 Å². The zero-order valence-electron chi connectivity index (χ0n) is 12.0. The topological polar surface area (TPSA) is 84.6 Å². The number of nitrogens with zero attached hydrogens (tertiary/aromatic N) is 2. The van der Waals surface area contributed by atoms with Crippen LogP contribution >= 0.6 is 23.4 Å². The van der Waals surface area contributed by atoms with Gasteiger partial charge in [0.2, 0.25) is 0 Å². The molecule has 0 atom stereocenters. The molecule has 0 fully saturated rings. The minimum absolute atomic E-state index is 0.0122. The molecular weight excluding hydrogens is 338 g/mol. The van der Waals surface area contributed by atoms with Gasteiger partial charge in [-0.05, 0) is 36.4 Å². The zero-order valence-corrected chi connectivity index (χ0v) is 13.6. The molecule has 2 aromatic rings. The Labute approximate surface area is 141 Å². The van der Waals surface area contributed by atoms with Crippen molar-refractivity contribution in [2.24, 2.45) is 5.10 Å². The molecule has 0 radical (unpaired) electrons. The van der Waals surface area contributed by atoms with Crippen LogP contribution in [-0.4, -0.2) is 15.8 Å². The highest BCUT2D eigenvalue weighted by molar-refractivity contribution is 8.15. The number of Topliss-reactive ketones (excluding diaryl/α,β-unsaturated/α-hetero) is 1. The molecule has 2 rings (SSSR count). The SMILES string of the molecule is CC(=O)C(=NNc1ccc([N+](=O)[O-])cc1)Sc1ccc(Cl)cc1. The van der Waals surface area contributed by atoms with Crippen molar-refractivity contribution in [3.05, 3.63) is 63.7 Å². The number of non-ortho nitro benzene ring substituents is 1. The van der Waals surface area contributed by atoms with Crippen LogP contribution in [0.15, 0.2) is 58.5 Å². The van der Waals surface area contributed by atoms with Crippen LogP contribution in [0.2, 0.25) is 5.02 Å². The first kappa shape index (κ1) is 17.0. The Morgan fingerprint density at radius 1 is 1.17 bits per heavy atom. The normalized spacial score (nSPS) is 11.1. The van der Waals surface area contributed by atoms with Gasteiger partial charge in [0.25, 0.3) is 5.69 Å². The summed E-state index contributed by atoms with van der Waals surface area (Å²) in [4.78, 5) is 22.6. The van der Waals surface area contributed by atoms with E-state index in [2.05, 4.69) is 10.5 Å². The Kier molecular flexibility index (Phi) is 5.72. The molecule has 0 aliphatic heterocycles. The van der Waals surface area contributed by atoms with E-state index < -0.39 is 4.92 Å². The number of thioether (sulfide) groups is 1. The molecular formula is C15H12ClN3O3S. The summed E-state index contributed by atoms with van der Waals surface area (Å²) in [5.41, 5.74) is 3.26. The van der Waals surface area contributed by atoms with E-state index in [4.69, 9.17) is 11.6 Å². The molecule has 0 aromatic heterocycles. The average Bonchev–Trinajstić information content (AvgIpc) is 2.53. The number of ketones is 1. The van der Waals surface area contributed by atoms with Crippen LogP contribution in [0.5, 0.6) is 0 Å². The number of hydrogen-bond acceptors (Lipinski definition) is 6. The van der Waals surface area contributed by atoms with E-state index in [1.165, 1.54) is 43.0 Å². The molecule has 0 heterocycles. The molecule has 0 aliphatic rings. The van der Waals surface area contributed by atoms with Gasteiger partial charge in [0.1, 0.15) is 0 Å². The predicted octanol–water partition coefficient (Wildman–Crippen LogP) is 4.35. The number of rotatable bonds is 5. The highest BCUT2D eigenvalue weighted by Crippen LogP contribution is 2.23. The Morgan fingerprint density at radius 3 is 2.30 bits per heavy atom. The Bertz CT molecular complexity index is 746. The third kappa shape index (κ3) is 5.08. The van der Waals surface area contributed by atoms with Crippen LogP contribution in [0.4, 0.5) is 11.4 Å². The molecule has 2 aromatic carbocycles. The third-order valence-electron chi connectivity index (χ3n) is 2.69. The van der Waals surface area contributed by atoms with Crippen molar-refractivity contribution in [3.63, 3.8) is 0 Å². The summed E-state index contributed by atoms with van der Waals surface area (Å²) < 4.78 is 0. The molecule has 0 unspecified atom stereocenters. The Hall–Kier alpha value is -2.38. The van der Waals surface area contributed by atoms with Gasteiger partial charge < -0.3 is 0 Å². The second-order valence-electron chi connectivity index (χ2n) is 4.44. The lowest BCUT2D eigenvalue weighted by Gasteiger charge is -2.05. The summed E-state index contributed by atoms with van der Waals surface area (Å²) in [6, 6.07) is 12.8. The van der Waals surface area contributed by atoms with Crippen LogP contribution < -0.4 is 5.43 Å². The number of carbonyl (C=O) groups excluding carboxylic acids is 1. The van der Waals surface area contributed by atoms with Crippen molar-refractivity contribution in [3.8, 4) is 0 Å². The fourth-order valence-electron chi connectivity index (χ4n) is 1.56. The lowest BCUT2D eigenvalue weighted by atomic mass is 10.3. The van der Waals surface area contributed by atoms with Crippen molar-refractivity contribution in [1.29, 1.82) is 0 Å². The zero-order chi connectivity index (χ0) is 16.8. The number of halogens is 1. The number of anilines is 1. The first-order valence-electron chi connectivity index (χ1n) is 6.48. The molecule has 0 saturated carbocycles. The fourth-order valence-corrected chi connectivity index (χ4v) is 2.42. The fraction of sp³-hybridized carbons (Fsp3) is 0.0667. The van der Waals surface area contributed by atoms with E-state index >= 15 is 0 Å².